The molecule has 0 aliphatic rings. The summed E-state index contributed by atoms with van der Waals surface area (Å²) in [5.41, 5.74) is 0.458. The zero-order valence-corrected chi connectivity index (χ0v) is 12.2. The maximum Gasteiger partial charge on any atom is 0.372 e. The van der Waals surface area contributed by atoms with E-state index in [1.165, 1.54) is 12.1 Å². The summed E-state index contributed by atoms with van der Waals surface area (Å²) in [6.07, 6.45) is 0. The number of nitrogens with zero attached hydrogens (tertiary/aromatic N) is 3. The fraction of sp³-hybridized carbons (Fsp3) is 0.286. The Kier molecular flexibility index (Phi) is 4.82. The molecular weight excluding hydrogens is 291 g/mol. The Morgan fingerprint density at radius 2 is 2.00 bits per heavy atom. The van der Waals surface area contributed by atoms with Crippen molar-refractivity contribution in [3.8, 4) is 5.88 Å². The number of aromatic nitrogens is 2. The summed E-state index contributed by atoms with van der Waals surface area (Å²) in [6.45, 7) is 3.86. The van der Waals surface area contributed by atoms with E-state index in [1.54, 1.807) is 26.0 Å². The van der Waals surface area contributed by atoms with Crippen LogP contribution in [0, 0.1) is 22.9 Å². The van der Waals surface area contributed by atoms with Crippen LogP contribution >= 0.6 is 0 Å². The van der Waals surface area contributed by atoms with Crippen LogP contribution in [0.1, 0.15) is 18.3 Å². The zero-order valence-electron chi connectivity index (χ0n) is 12.2. The second-order valence-electron chi connectivity index (χ2n) is 4.44. The highest BCUT2D eigenvalue weighted by Gasteiger charge is 2.25. The third kappa shape index (κ3) is 3.66. The Bertz CT molecular complexity index is 677. The number of anilines is 1. The molecule has 1 aromatic heterocycles. The van der Waals surface area contributed by atoms with Gasteiger partial charge in [0, 0.05) is 6.54 Å². The minimum atomic E-state index is -0.586. The monoisotopic (exact) mass is 306 g/mol. The molecule has 1 heterocycles. The first-order chi connectivity index (χ1) is 10.5. The number of rotatable bonds is 6. The van der Waals surface area contributed by atoms with Crippen LogP contribution < -0.4 is 10.1 Å². The molecule has 7 nitrogen and oxygen atoms in total. The second kappa shape index (κ2) is 6.79. The maximum absolute atomic E-state index is 12.9. The van der Waals surface area contributed by atoms with Gasteiger partial charge in [-0.15, -0.1) is 0 Å². The first-order valence-corrected chi connectivity index (χ1v) is 6.65. The molecule has 22 heavy (non-hydrogen) atoms. The van der Waals surface area contributed by atoms with Crippen LogP contribution in [-0.2, 0) is 6.54 Å². The van der Waals surface area contributed by atoms with E-state index in [1.807, 2.05) is 0 Å². The van der Waals surface area contributed by atoms with Gasteiger partial charge in [-0.1, -0.05) is 12.1 Å². The zero-order chi connectivity index (χ0) is 16.1. The molecule has 2 rings (SSSR count). The minimum absolute atomic E-state index is 0.0680. The lowest BCUT2D eigenvalue weighted by Crippen LogP contribution is -2.09. The van der Waals surface area contributed by atoms with Gasteiger partial charge in [-0.2, -0.15) is 4.98 Å². The summed E-state index contributed by atoms with van der Waals surface area (Å²) in [5, 5.41) is 14.1. The number of ether oxygens (including phenoxy) is 1. The number of benzene rings is 1. The molecule has 0 spiro atoms. The summed E-state index contributed by atoms with van der Waals surface area (Å²) < 4.78 is 18.1. The molecule has 0 radical (unpaired) electrons. The SMILES string of the molecule is CCOc1nc(C)nc(NCc2ccc(F)cc2)c1[N+](=O)[O-]. The number of aryl methyl sites for hydroxylation is 1. The first kappa shape index (κ1) is 15.6. The quantitative estimate of drug-likeness (QED) is 0.652. The number of hydrogen-bond donors (Lipinski definition) is 1. The lowest BCUT2D eigenvalue weighted by molar-refractivity contribution is -0.385. The van der Waals surface area contributed by atoms with Gasteiger partial charge in [0.05, 0.1) is 11.5 Å². The maximum atomic E-state index is 12.9. The highest BCUT2D eigenvalue weighted by atomic mass is 19.1. The van der Waals surface area contributed by atoms with Crippen molar-refractivity contribution in [1.29, 1.82) is 0 Å². The molecule has 0 aliphatic heterocycles. The Labute approximate surface area is 126 Å². The molecule has 0 saturated heterocycles. The Balaban J connectivity index is 2.28. The first-order valence-electron chi connectivity index (χ1n) is 6.65. The highest BCUT2D eigenvalue weighted by Crippen LogP contribution is 2.32. The van der Waals surface area contributed by atoms with Gasteiger partial charge in [-0.25, -0.2) is 9.37 Å². The van der Waals surface area contributed by atoms with Gasteiger partial charge < -0.3 is 10.1 Å². The van der Waals surface area contributed by atoms with E-state index >= 15 is 0 Å². The van der Waals surface area contributed by atoms with Crippen LogP contribution in [0.15, 0.2) is 24.3 Å². The van der Waals surface area contributed by atoms with Crippen molar-refractivity contribution in [2.45, 2.75) is 20.4 Å². The molecule has 1 N–H and O–H groups in total. The number of nitro groups is 1. The number of nitrogens with one attached hydrogen (secondary N) is 1. The van der Waals surface area contributed by atoms with Gasteiger partial charge in [-0.3, -0.25) is 10.1 Å². The van der Waals surface area contributed by atoms with Crippen molar-refractivity contribution < 1.29 is 14.1 Å². The van der Waals surface area contributed by atoms with Crippen LogP contribution in [0.4, 0.5) is 15.9 Å². The summed E-state index contributed by atoms with van der Waals surface area (Å²) in [6, 6.07) is 5.82. The lowest BCUT2D eigenvalue weighted by Gasteiger charge is -2.10. The van der Waals surface area contributed by atoms with Crippen molar-refractivity contribution in [1.82, 2.24) is 9.97 Å². The molecule has 0 aliphatic carbocycles. The van der Waals surface area contributed by atoms with Gasteiger partial charge in [-0.05, 0) is 31.5 Å². The van der Waals surface area contributed by atoms with Crippen LogP contribution in [0.2, 0.25) is 0 Å². The number of halogens is 1. The molecule has 1 aromatic carbocycles. The van der Waals surface area contributed by atoms with Crippen molar-refractivity contribution in [2.24, 2.45) is 0 Å². The van der Waals surface area contributed by atoms with Gasteiger partial charge in [0.1, 0.15) is 11.6 Å². The van der Waals surface area contributed by atoms with E-state index in [0.717, 1.165) is 5.56 Å². The van der Waals surface area contributed by atoms with Crippen LogP contribution in [-0.4, -0.2) is 21.5 Å². The van der Waals surface area contributed by atoms with Crippen molar-refractivity contribution in [3.05, 3.63) is 51.6 Å². The van der Waals surface area contributed by atoms with Crippen LogP contribution in [0.5, 0.6) is 5.88 Å². The van der Waals surface area contributed by atoms with Gasteiger partial charge in [0.25, 0.3) is 5.88 Å². The third-order valence-corrected chi connectivity index (χ3v) is 2.80. The normalized spacial score (nSPS) is 10.3. The van der Waals surface area contributed by atoms with Gasteiger partial charge >= 0.3 is 5.69 Å². The molecular formula is C14H15FN4O3. The average molecular weight is 306 g/mol. The molecule has 0 atom stereocenters. The predicted octanol–water partition coefficient (Wildman–Crippen LogP) is 2.84. The smallest absolute Gasteiger partial charge is 0.372 e. The lowest BCUT2D eigenvalue weighted by atomic mass is 10.2. The fourth-order valence-electron chi connectivity index (χ4n) is 1.85. The summed E-state index contributed by atoms with van der Waals surface area (Å²) in [4.78, 5) is 18.7. The van der Waals surface area contributed by atoms with E-state index in [4.69, 9.17) is 4.74 Å². The van der Waals surface area contributed by atoms with Gasteiger partial charge in [0.2, 0.25) is 5.82 Å². The molecule has 2 aromatic rings. The second-order valence-corrected chi connectivity index (χ2v) is 4.44. The highest BCUT2D eigenvalue weighted by molar-refractivity contribution is 5.61. The van der Waals surface area contributed by atoms with E-state index in [2.05, 4.69) is 15.3 Å². The van der Waals surface area contributed by atoms with Crippen molar-refractivity contribution in [2.75, 3.05) is 11.9 Å². The molecule has 116 valence electrons. The van der Waals surface area contributed by atoms with Crippen molar-refractivity contribution in [3.63, 3.8) is 0 Å². The molecule has 0 unspecified atom stereocenters. The minimum Gasteiger partial charge on any atom is -0.473 e. The Morgan fingerprint density at radius 1 is 1.32 bits per heavy atom. The molecule has 0 amide bonds. The summed E-state index contributed by atoms with van der Waals surface area (Å²) in [7, 11) is 0. The van der Waals surface area contributed by atoms with E-state index < -0.39 is 4.92 Å². The predicted molar refractivity (Wildman–Crippen MR) is 78.3 cm³/mol. The summed E-state index contributed by atoms with van der Waals surface area (Å²) >= 11 is 0. The fourth-order valence-corrected chi connectivity index (χ4v) is 1.85. The third-order valence-electron chi connectivity index (χ3n) is 2.80. The van der Waals surface area contributed by atoms with Crippen LogP contribution in [0.3, 0.4) is 0 Å². The van der Waals surface area contributed by atoms with E-state index in [-0.39, 0.29) is 36.4 Å². The van der Waals surface area contributed by atoms with E-state index in [0.29, 0.717) is 5.82 Å². The van der Waals surface area contributed by atoms with E-state index in [9.17, 15) is 14.5 Å². The number of hydrogen-bond acceptors (Lipinski definition) is 6. The van der Waals surface area contributed by atoms with Crippen molar-refractivity contribution >= 4 is 11.5 Å². The molecule has 0 fully saturated rings. The summed E-state index contributed by atoms with van der Waals surface area (Å²) in [5.74, 6) is 0.0220. The molecule has 0 bridgehead atoms. The van der Waals surface area contributed by atoms with Crippen LogP contribution in [0.25, 0.3) is 0 Å². The Hall–Kier alpha value is -2.77. The molecule has 0 saturated carbocycles. The van der Waals surface area contributed by atoms with Gasteiger partial charge in [0.15, 0.2) is 0 Å². The Morgan fingerprint density at radius 3 is 2.59 bits per heavy atom. The standard InChI is InChI=1S/C14H15FN4O3/c1-3-22-14-12(19(20)21)13(17-9(2)18-14)16-8-10-4-6-11(15)7-5-10/h4-7H,3,8H2,1-2H3,(H,16,17,18). The topological polar surface area (TPSA) is 90.2 Å². The molecule has 8 heteroatoms. The average Bonchev–Trinajstić information content (AvgIpc) is 2.46. The largest absolute Gasteiger partial charge is 0.473 e.